The predicted molar refractivity (Wildman–Crippen MR) is 77.2 cm³/mol. The number of pyridine rings is 1. The standard InChI is InChI=1S/C16H7ClF3NO/c17-16(22)10-6-5-8-7-12(19)15(21-14(8)13(10)20)9-3-1-2-4-11(9)18/h1-7H. The first-order valence-corrected chi connectivity index (χ1v) is 6.60. The van der Waals surface area contributed by atoms with E-state index < -0.39 is 22.7 Å². The summed E-state index contributed by atoms with van der Waals surface area (Å²) in [5.74, 6) is -2.43. The summed E-state index contributed by atoms with van der Waals surface area (Å²) in [5, 5.41) is -0.838. The van der Waals surface area contributed by atoms with Gasteiger partial charge in [0.05, 0.1) is 5.56 Å². The Kier molecular flexibility index (Phi) is 3.58. The van der Waals surface area contributed by atoms with Gasteiger partial charge in [-0.1, -0.05) is 18.2 Å². The fraction of sp³-hybridized carbons (Fsp3) is 0. The van der Waals surface area contributed by atoms with E-state index in [-0.39, 0.29) is 27.7 Å². The molecule has 0 radical (unpaired) electrons. The summed E-state index contributed by atoms with van der Waals surface area (Å²) in [7, 11) is 0. The van der Waals surface area contributed by atoms with E-state index >= 15 is 0 Å². The van der Waals surface area contributed by atoms with Crippen LogP contribution in [-0.2, 0) is 0 Å². The van der Waals surface area contributed by atoms with Gasteiger partial charge >= 0.3 is 0 Å². The summed E-state index contributed by atoms with van der Waals surface area (Å²) in [6.07, 6.45) is 0. The molecule has 22 heavy (non-hydrogen) atoms. The Hall–Kier alpha value is -2.40. The van der Waals surface area contributed by atoms with Crippen molar-refractivity contribution >= 4 is 27.7 Å². The molecule has 3 rings (SSSR count). The minimum absolute atomic E-state index is 0.0936. The zero-order valence-electron chi connectivity index (χ0n) is 10.9. The average Bonchev–Trinajstić information content (AvgIpc) is 2.47. The van der Waals surface area contributed by atoms with E-state index in [4.69, 9.17) is 11.6 Å². The van der Waals surface area contributed by atoms with Crippen molar-refractivity contribution in [3.63, 3.8) is 0 Å². The van der Waals surface area contributed by atoms with Gasteiger partial charge in [0.15, 0.2) is 5.82 Å². The Morgan fingerprint density at radius 2 is 1.73 bits per heavy atom. The lowest BCUT2D eigenvalue weighted by Gasteiger charge is -2.08. The molecular weight excluding hydrogens is 315 g/mol. The Morgan fingerprint density at radius 1 is 1.00 bits per heavy atom. The smallest absolute Gasteiger partial charge is 0.255 e. The molecule has 0 saturated heterocycles. The third-order valence-electron chi connectivity index (χ3n) is 3.22. The van der Waals surface area contributed by atoms with Gasteiger partial charge in [-0.15, -0.1) is 0 Å². The number of nitrogens with zero attached hydrogens (tertiary/aromatic N) is 1. The van der Waals surface area contributed by atoms with Crippen LogP contribution in [0.1, 0.15) is 10.4 Å². The molecular formula is C16H7ClF3NO. The second-order valence-electron chi connectivity index (χ2n) is 4.57. The first-order valence-electron chi connectivity index (χ1n) is 6.22. The molecule has 1 heterocycles. The fourth-order valence-electron chi connectivity index (χ4n) is 2.17. The van der Waals surface area contributed by atoms with Crippen LogP contribution in [0.4, 0.5) is 13.2 Å². The maximum atomic E-state index is 14.3. The average molecular weight is 322 g/mol. The number of aromatic nitrogens is 1. The minimum Gasteiger partial charge on any atom is -0.275 e. The van der Waals surface area contributed by atoms with E-state index in [1.54, 1.807) is 0 Å². The molecule has 0 unspecified atom stereocenters. The second kappa shape index (κ2) is 5.42. The number of hydrogen-bond acceptors (Lipinski definition) is 2. The molecule has 2 nitrogen and oxygen atoms in total. The zero-order valence-corrected chi connectivity index (χ0v) is 11.7. The van der Waals surface area contributed by atoms with Gasteiger partial charge in [-0.25, -0.2) is 18.2 Å². The first kappa shape index (κ1) is 14.5. The van der Waals surface area contributed by atoms with Gasteiger partial charge in [0.2, 0.25) is 0 Å². The molecule has 0 N–H and O–H groups in total. The van der Waals surface area contributed by atoms with Gasteiger partial charge in [0, 0.05) is 10.9 Å². The maximum absolute atomic E-state index is 14.3. The van der Waals surface area contributed by atoms with Crippen LogP contribution < -0.4 is 0 Å². The van der Waals surface area contributed by atoms with Crippen LogP contribution >= 0.6 is 11.6 Å². The molecule has 0 aliphatic carbocycles. The van der Waals surface area contributed by atoms with E-state index in [0.29, 0.717) is 0 Å². The lowest BCUT2D eigenvalue weighted by atomic mass is 10.1. The monoisotopic (exact) mass is 321 g/mol. The summed E-state index contributed by atoms with van der Waals surface area (Å²) in [5.41, 5.74) is -1.04. The third-order valence-corrected chi connectivity index (χ3v) is 3.42. The number of halogens is 4. The summed E-state index contributed by atoms with van der Waals surface area (Å²) in [6.45, 7) is 0. The highest BCUT2D eigenvalue weighted by molar-refractivity contribution is 6.67. The second-order valence-corrected chi connectivity index (χ2v) is 4.91. The number of benzene rings is 2. The Morgan fingerprint density at radius 3 is 2.41 bits per heavy atom. The van der Waals surface area contributed by atoms with Crippen molar-refractivity contribution in [1.82, 2.24) is 4.98 Å². The van der Waals surface area contributed by atoms with Crippen molar-refractivity contribution in [2.45, 2.75) is 0 Å². The van der Waals surface area contributed by atoms with Crippen LogP contribution in [0, 0.1) is 17.5 Å². The van der Waals surface area contributed by atoms with Crippen LogP contribution in [-0.4, -0.2) is 10.2 Å². The molecule has 2 aromatic carbocycles. The van der Waals surface area contributed by atoms with E-state index in [2.05, 4.69) is 4.98 Å². The van der Waals surface area contributed by atoms with Gasteiger partial charge in [0.25, 0.3) is 5.24 Å². The lowest BCUT2D eigenvalue weighted by Crippen LogP contribution is -2.00. The normalized spacial score (nSPS) is 10.9. The lowest BCUT2D eigenvalue weighted by molar-refractivity contribution is 0.107. The van der Waals surface area contributed by atoms with Crippen LogP contribution in [0.3, 0.4) is 0 Å². The Labute approximate surface area is 128 Å². The van der Waals surface area contributed by atoms with Crippen molar-refractivity contribution < 1.29 is 18.0 Å². The van der Waals surface area contributed by atoms with Gasteiger partial charge in [-0.05, 0) is 35.9 Å². The van der Waals surface area contributed by atoms with Crippen LogP contribution in [0.15, 0.2) is 42.5 Å². The number of rotatable bonds is 2. The highest BCUT2D eigenvalue weighted by Gasteiger charge is 2.18. The third kappa shape index (κ3) is 2.33. The Bertz CT molecular complexity index is 911. The van der Waals surface area contributed by atoms with Gasteiger partial charge < -0.3 is 0 Å². The van der Waals surface area contributed by atoms with Crippen LogP contribution in [0.2, 0.25) is 0 Å². The number of hydrogen-bond donors (Lipinski definition) is 0. The van der Waals surface area contributed by atoms with Gasteiger partial charge in [0.1, 0.15) is 22.8 Å². The number of carbonyl (C=O) groups excluding carboxylic acids is 1. The van der Waals surface area contributed by atoms with Gasteiger partial charge in [-0.2, -0.15) is 0 Å². The molecule has 3 aromatic rings. The number of fused-ring (bicyclic) bond motifs is 1. The Balaban J connectivity index is 2.33. The van der Waals surface area contributed by atoms with Crippen molar-refractivity contribution in [2.24, 2.45) is 0 Å². The molecule has 0 fully saturated rings. The fourth-order valence-corrected chi connectivity index (χ4v) is 2.32. The van der Waals surface area contributed by atoms with E-state index in [1.165, 1.54) is 24.3 Å². The number of carbonyl (C=O) groups is 1. The van der Waals surface area contributed by atoms with Crippen molar-refractivity contribution in [2.75, 3.05) is 0 Å². The van der Waals surface area contributed by atoms with Gasteiger partial charge in [-0.3, -0.25) is 4.79 Å². The van der Waals surface area contributed by atoms with E-state index in [1.807, 2.05) is 0 Å². The molecule has 0 spiro atoms. The SMILES string of the molecule is O=C(Cl)c1ccc2cc(F)c(-c3ccccc3F)nc2c1F. The highest BCUT2D eigenvalue weighted by atomic mass is 35.5. The van der Waals surface area contributed by atoms with Crippen molar-refractivity contribution in [3.05, 3.63) is 65.5 Å². The molecule has 1 aromatic heterocycles. The summed E-state index contributed by atoms with van der Waals surface area (Å²) in [6, 6.07) is 8.96. The molecule has 0 bridgehead atoms. The summed E-state index contributed by atoms with van der Waals surface area (Å²) < 4.78 is 42.2. The predicted octanol–water partition coefficient (Wildman–Crippen LogP) is 4.70. The molecule has 0 saturated carbocycles. The quantitative estimate of drug-likeness (QED) is 0.640. The van der Waals surface area contributed by atoms with E-state index in [9.17, 15) is 18.0 Å². The van der Waals surface area contributed by atoms with E-state index in [0.717, 1.165) is 18.2 Å². The minimum atomic E-state index is -0.988. The molecule has 0 atom stereocenters. The molecule has 6 heteroatoms. The maximum Gasteiger partial charge on any atom is 0.255 e. The molecule has 110 valence electrons. The van der Waals surface area contributed by atoms with Crippen LogP contribution in [0.25, 0.3) is 22.2 Å². The summed E-state index contributed by atoms with van der Waals surface area (Å²) >= 11 is 5.28. The molecule has 0 amide bonds. The van der Waals surface area contributed by atoms with Crippen molar-refractivity contribution in [3.8, 4) is 11.3 Å². The molecule has 0 aliphatic heterocycles. The molecule has 0 aliphatic rings. The first-order chi connectivity index (χ1) is 10.5. The van der Waals surface area contributed by atoms with Crippen LogP contribution in [0.5, 0.6) is 0 Å². The zero-order chi connectivity index (χ0) is 15.9. The topological polar surface area (TPSA) is 30.0 Å². The summed E-state index contributed by atoms with van der Waals surface area (Å²) in [4.78, 5) is 15.0. The largest absolute Gasteiger partial charge is 0.275 e. The highest BCUT2D eigenvalue weighted by Crippen LogP contribution is 2.29. The van der Waals surface area contributed by atoms with Crippen molar-refractivity contribution in [1.29, 1.82) is 0 Å².